The summed E-state index contributed by atoms with van der Waals surface area (Å²) in [5, 5.41) is 3.21. The van der Waals surface area contributed by atoms with Crippen molar-refractivity contribution in [2.45, 2.75) is 6.04 Å². The Morgan fingerprint density at radius 2 is 2.00 bits per heavy atom. The highest BCUT2D eigenvalue weighted by molar-refractivity contribution is 5.85. The van der Waals surface area contributed by atoms with E-state index in [0.717, 1.165) is 26.3 Å². The van der Waals surface area contributed by atoms with Crippen LogP contribution < -0.4 is 11.1 Å². The maximum atomic E-state index is 5.81. The summed E-state index contributed by atoms with van der Waals surface area (Å²) in [5.74, 6) is 0. The lowest BCUT2D eigenvalue weighted by Crippen LogP contribution is -2.62. The van der Waals surface area contributed by atoms with Crippen LogP contribution in [0.1, 0.15) is 0 Å². The number of nitrogens with one attached hydrogen (secondary N) is 1. The fourth-order valence-electron chi connectivity index (χ4n) is 1.48. The van der Waals surface area contributed by atoms with Crippen molar-refractivity contribution in [2.75, 3.05) is 26.3 Å². The normalized spacial score (nSPS) is 31.9. The molecule has 1 unspecified atom stereocenters. The first-order valence-electron chi connectivity index (χ1n) is 3.38. The largest absolute Gasteiger partial charge is 0.379 e. The standard InChI is InChI=1S/C6H12N2O.2ClH/c7-5-1-9-4-6(5)2-8-3-6;;/h5,8H,1-4,7H2;2*1H. The average Bonchev–Trinajstić information content (AvgIpc) is 2.07. The van der Waals surface area contributed by atoms with Crippen LogP contribution in [-0.2, 0) is 4.74 Å². The molecule has 2 heterocycles. The predicted molar refractivity (Wildman–Crippen MR) is 48.6 cm³/mol. The van der Waals surface area contributed by atoms with E-state index >= 15 is 0 Å². The van der Waals surface area contributed by atoms with E-state index in [2.05, 4.69) is 5.32 Å². The molecule has 2 saturated heterocycles. The van der Waals surface area contributed by atoms with E-state index in [9.17, 15) is 0 Å². The summed E-state index contributed by atoms with van der Waals surface area (Å²) in [5.41, 5.74) is 6.13. The molecule has 0 aliphatic carbocycles. The van der Waals surface area contributed by atoms with Crippen LogP contribution in [-0.4, -0.2) is 32.3 Å². The van der Waals surface area contributed by atoms with Gasteiger partial charge < -0.3 is 15.8 Å². The molecule has 11 heavy (non-hydrogen) atoms. The van der Waals surface area contributed by atoms with Crippen molar-refractivity contribution in [1.82, 2.24) is 5.32 Å². The Labute approximate surface area is 78.9 Å². The molecule has 0 aromatic carbocycles. The average molecular weight is 201 g/mol. The van der Waals surface area contributed by atoms with Crippen LogP contribution >= 0.6 is 24.8 Å². The topological polar surface area (TPSA) is 47.3 Å². The predicted octanol–water partition coefficient (Wildman–Crippen LogP) is -0.223. The summed E-state index contributed by atoms with van der Waals surface area (Å²) >= 11 is 0. The van der Waals surface area contributed by atoms with E-state index in [1.54, 1.807) is 0 Å². The van der Waals surface area contributed by atoms with Gasteiger partial charge in [0.1, 0.15) is 0 Å². The molecule has 68 valence electrons. The fraction of sp³-hybridized carbons (Fsp3) is 1.00. The molecule has 2 rings (SSSR count). The smallest absolute Gasteiger partial charge is 0.0625 e. The Balaban J connectivity index is 0.000000500. The minimum atomic E-state index is 0. The quantitative estimate of drug-likeness (QED) is 0.569. The Morgan fingerprint density at radius 3 is 2.18 bits per heavy atom. The molecule has 1 spiro atoms. The van der Waals surface area contributed by atoms with Gasteiger partial charge in [-0.15, -0.1) is 24.8 Å². The summed E-state index contributed by atoms with van der Waals surface area (Å²) < 4.78 is 5.25. The summed E-state index contributed by atoms with van der Waals surface area (Å²) in [6.45, 7) is 3.71. The van der Waals surface area contributed by atoms with Crippen LogP contribution in [0.25, 0.3) is 0 Å². The molecule has 0 saturated carbocycles. The van der Waals surface area contributed by atoms with E-state index in [1.807, 2.05) is 0 Å². The van der Waals surface area contributed by atoms with Crippen LogP contribution in [0.15, 0.2) is 0 Å². The number of halogens is 2. The van der Waals surface area contributed by atoms with E-state index in [-0.39, 0.29) is 30.9 Å². The maximum absolute atomic E-state index is 5.81. The van der Waals surface area contributed by atoms with Crippen LogP contribution in [0.3, 0.4) is 0 Å². The zero-order valence-corrected chi connectivity index (χ0v) is 7.84. The van der Waals surface area contributed by atoms with Gasteiger partial charge in [-0.2, -0.15) is 0 Å². The van der Waals surface area contributed by atoms with E-state index in [0.29, 0.717) is 5.41 Å². The lowest BCUT2D eigenvalue weighted by atomic mass is 9.78. The first-order valence-corrected chi connectivity index (χ1v) is 3.38. The monoisotopic (exact) mass is 200 g/mol. The van der Waals surface area contributed by atoms with Gasteiger partial charge in [0, 0.05) is 24.5 Å². The van der Waals surface area contributed by atoms with Gasteiger partial charge in [-0.1, -0.05) is 0 Å². The second-order valence-corrected chi connectivity index (χ2v) is 3.09. The van der Waals surface area contributed by atoms with Gasteiger partial charge in [0.2, 0.25) is 0 Å². The third kappa shape index (κ3) is 1.63. The van der Waals surface area contributed by atoms with Gasteiger partial charge in [0.25, 0.3) is 0 Å². The van der Waals surface area contributed by atoms with Crippen molar-refractivity contribution in [2.24, 2.45) is 11.1 Å². The molecular weight excluding hydrogens is 187 g/mol. The zero-order chi connectivity index (χ0) is 6.32. The molecule has 0 aromatic rings. The second kappa shape index (κ2) is 3.92. The molecule has 3 N–H and O–H groups in total. The number of hydrogen-bond acceptors (Lipinski definition) is 3. The molecule has 3 nitrogen and oxygen atoms in total. The second-order valence-electron chi connectivity index (χ2n) is 3.09. The van der Waals surface area contributed by atoms with Gasteiger partial charge >= 0.3 is 0 Å². The lowest BCUT2D eigenvalue weighted by molar-refractivity contribution is 0.108. The molecule has 0 bridgehead atoms. The Hall–Kier alpha value is 0.460. The van der Waals surface area contributed by atoms with E-state index in [4.69, 9.17) is 10.5 Å². The molecule has 0 radical (unpaired) electrons. The van der Waals surface area contributed by atoms with Crippen molar-refractivity contribution in [3.05, 3.63) is 0 Å². The van der Waals surface area contributed by atoms with Gasteiger partial charge in [-0.05, 0) is 0 Å². The number of rotatable bonds is 0. The first-order chi connectivity index (χ1) is 4.33. The van der Waals surface area contributed by atoms with Gasteiger partial charge in [-0.25, -0.2) is 0 Å². The van der Waals surface area contributed by atoms with Gasteiger partial charge in [0.15, 0.2) is 0 Å². The van der Waals surface area contributed by atoms with Crippen molar-refractivity contribution in [3.8, 4) is 0 Å². The van der Waals surface area contributed by atoms with Crippen molar-refractivity contribution >= 4 is 24.8 Å². The molecular formula is C6H14Cl2N2O. The van der Waals surface area contributed by atoms with Crippen LogP contribution in [0.2, 0.25) is 0 Å². The maximum Gasteiger partial charge on any atom is 0.0625 e. The molecule has 2 aliphatic heterocycles. The highest BCUT2D eigenvalue weighted by Crippen LogP contribution is 2.30. The molecule has 2 aliphatic rings. The summed E-state index contributed by atoms with van der Waals surface area (Å²) in [7, 11) is 0. The minimum absolute atomic E-state index is 0. The van der Waals surface area contributed by atoms with Crippen LogP contribution in [0.4, 0.5) is 0 Å². The molecule has 2 fully saturated rings. The highest BCUT2D eigenvalue weighted by atomic mass is 35.5. The first kappa shape index (κ1) is 11.5. The SMILES string of the molecule is Cl.Cl.NC1COCC12CNC2. The molecule has 0 aromatic heterocycles. The Morgan fingerprint density at radius 1 is 1.36 bits per heavy atom. The summed E-state index contributed by atoms with van der Waals surface area (Å²) in [6.07, 6.45) is 0. The van der Waals surface area contributed by atoms with Crippen LogP contribution in [0, 0.1) is 5.41 Å². The van der Waals surface area contributed by atoms with Crippen molar-refractivity contribution in [3.63, 3.8) is 0 Å². The number of nitrogens with two attached hydrogens (primary N) is 1. The Kier molecular flexibility index (Phi) is 4.08. The molecule has 5 heteroatoms. The Bertz CT molecular complexity index is 130. The van der Waals surface area contributed by atoms with Gasteiger partial charge in [0.05, 0.1) is 13.2 Å². The van der Waals surface area contributed by atoms with Crippen molar-refractivity contribution in [1.29, 1.82) is 0 Å². The lowest BCUT2D eigenvalue weighted by Gasteiger charge is -2.40. The van der Waals surface area contributed by atoms with Gasteiger partial charge in [-0.3, -0.25) is 0 Å². The molecule has 0 amide bonds. The molecule has 1 atom stereocenters. The third-order valence-corrected chi connectivity index (χ3v) is 2.43. The third-order valence-electron chi connectivity index (χ3n) is 2.43. The van der Waals surface area contributed by atoms with E-state index < -0.39 is 0 Å². The van der Waals surface area contributed by atoms with Crippen molar-refractivity contribution < 1.29 is 4.74 Å². The van der Waals surface area contributed by atoms with Crippen LogP contribution in [0.5, 0.6) is 0 Å². The number of ether oxygens (including phenoxy) is 1. The van der Waals surface area contributed by atoms with E-state index in [1.165, 1.54) is 0 Å². The zero-order valence-electron chi connectivity index (χ0n) is 6.21. The highest BCUT2D eigenvalue weighted by Gasteiger charge is 2.46. The summed E-state index contributed by atoms with van der Waals surface area (Å²) in [4.78, 5) is 0. The minimum Gasteiger partial charge on any atom is -0.379 e. The fourth-order valence-corrected chi connectivity index (χ4v) is 1.48. The number of hydrogen-bond donors (Lipinski definition) is 2. The summed E-state index contributed by atoms with van der Waals surface area (Å²) in [6, 6.07) is 0.277.